The Bertz CT molecular complexity index is 1540. The highest BCUT2D eigenvalue weighted by Crippen LogP contribution is 2.68. The Morgan fingerprint density at radius 3 is 2.53 bits per heavy atom. The second kappa shape index (κ2) is 13.6. The number of hydrogen-bond acceptors (Lipinski definition) is 6. The van der Waals surface area contributed by atoms with Gasteiger partial charge in [-0.1, -0.05) is 66.5 Å². The molecule has 238 valence electrons. The van der Waals surface area contributed by atoms with Crippen molar-refractivity contribution in [2.75, 3.05) is 56.2 Å². The average Bonchev–Trinajstić information content (AvgIpc) is 3.68. The van der Waals surface area contributed by atoms with Crippen molar-refractivity contribution in [1.82, 2.24) is 4.90 Å². The molecule has 3 unspecified atom stereocenters. The molecule has 0 bridgehead atoms. The van der Waals surface area contributed by atoms with Crippen LogP contribution in [0.1, 0.15) is 55.7 Å². The number of rotatable bonds is 11. The zero-order chi connectivity index (χ0) is 31.6. The number of piperazine rings is 1. The summed E-state index contributed by atoms with van der Waals surface area (Å²) in [6.07, 6.45) is 2.92. The van der Waals surface area contributed by atoms with E-state index < -0.39 is 5.41 Å². The molecule has 0 aromatic heterocycles. The van der Waals surface area contributed by atoms with Crippen molar-refractivity contribution in [3.8, 4) is 5.75 Å². The number of aryl methyl sites for hydroxylation is 1. The fraction of sp³-hybridized carbons (Fsp3) is 0.444. The predicted octanol–water partition coefficient (Wildman–Crippen LogP) is 7.09. The highest BCUT2D eigenvalue weighted by atomic mass is 35.5. The average molecular weight is 651 g/mol. The van der Waals surface area contributed by atoms with Crippen molar-refractivity contribution >= 4 is 46.5 Å². The van der Waals surface area contributed by atoms with Crippen LogP contribution in [0.2, 0.25) is 10.0 Å². The van der Waals surface area contributed by atoms with Crippen LogP contribution >= 0.6 is 23.2 Å². The molecule has 3 aliphatic rings. The van der Waals surface area contributed by atoms with Crippen molar-refractivity contribution < 1.29 is 19.1 Å². The number of anilines is 2. The molecular weight excluding hydrogens is 609 g/mol. The van der Waals surface area contributed by atoms with Crippen molar-refractivity contribution in [1.29, 1.82) is 0 Å². The van der Waals surface area contributed by atoms with E-state index in [0.29, 0.717) is 41.9 Å². The third-order valence-electron chi connectivity index (χ3n) is 9.69. The van der Waals surface area contributed by atoms with Gasteiger partial charge in [0.05, 0.1) is 28.9 Å². The van der Waals surface area contributed by atoms with Crippen LogP contribution in [0.25, 0.3) is 0 Å². The summed E-state index contributed by atoms with van der Waals surface area (Å²) in [6, 6.07) is 20.0. The van der Waals surface area contributed by atoms with E-state index in [4.69, 9.17) is 32.7 Å². The fourth-order valence-electron chi connectivity index (χ4n) is 7.28. The van der Waals surface area contributed by atoms with E-state index in [9.17, 15) is 9.59 Å². The third kappa shape index (κ3) is 6.27. The summed E-state index contributed by atoms with van der Waals surface area (Å²) in [5.41, 5.74) is 3.94. The zero-order valence-electron chi connectivity index (χ0n) is 26.0. The largest absolute Gasteiger partial charge is 0.493 e. The molecule has 2 aliphatic heterocycles. The fourth-order valence-corrected chi connectivity index (χ4v) is 7.69. The third-order valence-corrected chi connectivity index (χ3v) is 10.5. The van der Waals surface area contributed by atoms with Crippen LogP contribution in [0.3, 0.4) is 0 Å². The summed E-state index contributed by atoms with van der Waals surface area (Å²) in [5, 5.41) is 4.21. The number of benzene rings is 3. The number of amides is 1. The summed E-state index contributed by atoms with van der Waals surface area (Å²) in [6.45, 7) is 9.50. The monoisotopic (exact) mass is 649 g/mol. The number of nitrogens with zero attached hydrogens (tertiary/aromatic N) is 2. The first kappa shape index (κ1) is 31.7. The zero-order valence-corrected chi connectivity index (χ0v) is 27.5. The Balaban J connectivity index is 1.14. The van der Waals surface area contributed by atoms with E-state index in [1.807, 2.05) is 49.4 Å². The number of carbonyl (C=O) groups excluding carboxylic acids is 2. The summed E-state index contributed by atoms with van der Waals surface area (Å²) >= 11 is 12.7. The van der Waals surface area contributed by atoms with Gasteiger partial charge in [-0.3, -0.25) is 14.5 Å². The maximum absolute atomic E-state index is 13.8. The van der Waals surface area contributed by atoms with Gasteiger partial charge >= 0.3 is 5.97 Å². The minimum atomic E-state index is -0.839. The van der Waals surface area contributed by atoms with E-state index in [2.05, 4.69) is 40.2 Å². The predicted molar refractivity (Wildman–Crippen MR) is 180 cm³/mol. The lowest BCUT2D eigenvalue weighted by molar-refractivity contribution is -0.146. The Labute approximate surface area is 275 Å². The van der Waals surface area contributed by atoms with Gasteiger partial charge in [-0.25, -0.2) is 0 Å². The molecule has 1 aliphatic carbocycles. The number of ether oxygens (including phenoxy) is 2. The number of unbranched alkanes of at least 4 members (excludes halogenated alkanes) is 1. The summed E-state index contributed by atoms with van der Waals surface area (Å²) in [4.78, 5) is 30.8. The van der Waals surface area contributed by atoms with Crippen molar-refractivity contribution in [2.24, 2.45) is 5.92 Å². The second-order valence-electron chi connectivity index (χ2n) is 12.3. The van der Waals surface area contributed by atoms with Crippen molar-refractivity contribution in [2.45, 2.75) is 50.9 Å². The molecule has 1 N–H and O–H groups in total. The van der Waals surface area contributed by atoms with Gasteiger partial charge in [-0.2, -0.15) is 0 Å². The molecule has 1 saturated heterocycles. The Morgan fingerprint density at radius 2 is 1.78 bits per heavy atom. The number of nitrogens with one attached hydrogen (secondary N) is 1. The molecule has 0 radical (unpaired) electrons. The van der Waals surface area contributed by atoms with Crippen LogP contribution in [-0.2, 0) is 26.2 Å². The quantitative estimate of drug-likeness (QED) is 0.177. The molecule has 45 heavy (non-hydrogen) atoms. The van der Waals surface area contributed by atoms with Crippen molar-refractivity contribution in [3.05, 3.63) is 87.4 Å². The smallest absolute Gasteiger partial charge is 0.317 e. The number of hydrogen-bond donors (Lipinski definition) is 1. The number of halogens is 2. The van der Waals surface area contributed by atoms with Crippen LogP contribution < -0.4 is 15.0 Å². The molecule has 2 fully saturated rings. The molecule has 6 rings (SSSR count). The Morgan fingerprint density at radius 1 is 1.00 bits per heavy atom. The second-order valence-corrected chi connectivity index (χ2v) is 13.1. The van der Waals surface area contributed by atoms with Crippen LogP contribution in [0, 0.1) is 5.92 Å². The van der Waals surface area contributed by atoms with E-state index in [1.54, 1.807) is 0 Å². The maximum Gasteiger partial charge on any atom is 0.317 e. The summed E-state index contributed by atoms with van der Waals surface area (Å²) in [7, 11) is 0. The van der Waals surface area contributed by atoms with E-state index in [0.717, 1.165) is 73.6 Å². The van der Waals surface area contributed by atoms with Gasteiger partial charge in [0.1, 0.15) is 11.2 Å². The van der Waals surface area contributed by atoms with Crippen LogP contribution in [0.4, 0.5) is 11.4 Å². The number of carbonyl (C=O) groups is 2. The highest BCUT2D eigenvalue weighted by molar-refractivity contribution is 6.43. The van der Waals surface area contributed by atoms with E-state index in [1.165, 1.54) is 0 Å². The first-order valence-corrected chi connectivity index (χ1v) is 16.8. The van der Waals surface area contributed by atoms with Gasteiger partial charge in [-0.05, 0) is 68.0 Å². The molecular formula is C36H41Cl2N3O4. The van der Waals surface area contributed by atoms with Crippen LogP contribution in [0.5, 0.6) is 5.75 Å². The normalized spacial score (nSPS) is 22.8. The number of fused-ring (bicyclic) bond motifs is 1. The standard InChI is InChI=1S/C36H41Cl2N3O4/c1-3-44-35(43)36(24(2)33(36)25-10-5-4-6-11-25)27-22-26-14-15-32(42)39-29(26)23-31(27)45-21-8-7-16-40-17-19-41(20-18-40)30-13-9-12-28(37)34(30)38/h4-6,9-13,22-24,33H,3,7-8,14-21H2,1-2H3,(H,39,42). The lowest BCUT2D eigenvalue weighted by Crippen LogP contribution is -2.46. The molecule has 9 heteroatoms. The van der Waals surface area contributed by atoms with Gasteiger partial charge in [-0.15, -0.1) is 0 Å². The molecule has 2 heterocycles. The Hall–Kier alpha value is -3.26. The van der Waals surface area contributed by atoms with Gasteiger partial charge in [0.15, 0.2) is 0 Å². The minimum absolute atomic E-state index is 0.000915. The van der Waals surface area contributed by atoms with E-state index >= 15 is 0 Å². The molecule has 3 aromatic rings. The van der Waals surface area contributed by atoms with Crippen molar-refractivity contribution in [3.63, 3.8) is 0 Å². The lowest BCUT2D eigenvalue weighted by Gasteiger charge is -2.36. The highest BCUT2D eigenvalue weighted by Gasteiger charge is 2.70. The van der Waals surface area contributed by atoms with Gasteiger partial charge in [0, 0.05) is 55.8 Å². The first-order valence-electron chi connectivity index (χ1n) is 16.1. The molecule has 7 nitrogen and oxygen atoms in total. The molecule has 1 amide bonds. The summed E-state index contributed by atoms with van der Waals surface area (Å²) in [5.74, 6) is 0.464. The molecule has 3 atom stereocenters. The summed E-state index contributed by atoms with van der Waals surface area (Å²) < 4.78 is 12.2. The van der Waals surface area contributed by atoms with Crippen LogP contribution in [0.15, 0.2) is 60.7 Å². The first-order chi connectivity index (χ1) is 21.8. The van der Waals surface area contributed by atoms with Gasteiger partial charge < -0.3 is 19.7 Å². The maximum atomic E-state index is 13.8. The van der Waals surface area contributed by atoms with Crippen LogP contribution in [-0.4, -0.2) is 62.7 Å². The van der Waals surface area contributed by atoms with Gasteiger partial charge in [0.2, 0.25) is 5.91 Å². The van der Waals surface area contributed by atoms with Gasteiger partial charge in [0.25, 0.3) is 0 Å². The lowest BCUT2D eigenvalue weighted by atomic mass is 9.86. The molecule has 3 aromatic carbocycles. The van der Waals surface area contributed by atoms with E-state index in [-0.39, 0.29) is 23.7 Å². The number of esters is 1. The SMILES string of the molecule is CCOC(=O)C1(c2cc3c(cc2OCCCCN2CCN(c4cccc(Cl)c4Cl)CC2)NC(=O)CC3)C(C)C1c1ccccc1. The molecule has 0 spiro atoms. The Kier molecular flexibility index (Phi) is 9.60. The minimum Gasteiger partial charge on any atom is -0.493 e. The topological polar surface area (TPSA) is 71.1 Å². The molecule has 1 saturated carbocycles.